The number of carbonyl (C=O) groups is 2. The normalized spacial score (nSPS) is 23.9. The van der Waals surface area contributed by atoms with Crippen LogP contribution in [-0.2, 0) is 25.6 Å². The Hall–Kier alpha value is -2.59. The number of rotatable bonds is 7. The van der Waals surface area contributed by atoms with Gasteiger partial charge >= 0.3 is 5.97 Å². The van der Waals surface area contributed by atoms with Gasteiger partial charge in [0, 0.05) is 30.6 Å². The van der Waals surface area contributed by atoms with E-state index in [1.54, 1.807) is 0 Å². The molecule has 1 aliphatic heterocycles. The van der Waals surface area contributed by atoms with E-state index in [1.807, 2.05) is 26.0 Å². The zero-order valence-electron chi connectivity index (χ0n) is 18.8. The van der Waals surface area contributed by atoms with Crippen LogP contribution in [0.4, 0.5) is 0 Å². The lowest BCUT2D eigenvalue weighted by atomic mass is 9.86. The second kappa shape index (κ2) is 10.6. The van der Waals surface area contributed by atoms with E-state index in [-0.39, 0.29) is 30.2 Å². The molecule has 7 nitrogen and oxygen atoms in total. The molecule has 1 aliphatic carbocycles. The third kappa shape index (κ3) is 5.98. The van der Waals surface area contributed by atoms with E-state index < -0.39 is 5.97 Å². The number of nitriles is 1. The molecule has 0 spiro atoms. The molecule has 1 aromatic heterocycles. The van der Waals surface area contributed by atoms with Crippen LogP contribution >= 0.6 is 0 Å². The molecule has 2 aliphatic rings. The minimum Gasteiger partial charge on any atom is -0.451 e. The van der Waals surface area contributed by atoms with Gasteiger partial charge in [-0.05, 0) is 63.2 Å². The molecule has 1 saturated carbocycles. The third-order valence-electron chi connectivity index (χ3n) is 6.46. The van der Waals surface area contributed by atoms with Crippen molar-refractivity contribution in [1.82, 2.24) is 9.88 Å². The molecule has 1 amide bonds. The van der Waals surface area contributed by atoms with Crippen molar-refractivity contribution in [3.8, 4) is 6.07 Å². The van der Waals surface area contributed by atoms with Crippen molar-refractivity contribution in [2.24, 2.45) is 5.92 Å². The van der Waals surface area contributed by atoms with E-state index in [2.05, 4.69) is 16.8 Å². The number of nitrogens with one attached hydrogen (secondary N) is 1. The highest BCUT2D eigenvalue weighted by Crippen LogP contribution is 2.24. The predicted octanol–water partition coefficient (Wildman–Crippen LogP) is 3.43. The summed E-state index contributed by atoms with van der Waals surface area (Å²) in [7, 11) is 0. The van der Waals surface area contributed by atoms with Crippen molar-refractivity contribution in [1.29, 1.82) is 5.26 Å². The van der Waals surface area contributed by atoms with Crippen LogP contribution in [0.3, 0.4) is 0 Å². The number of aromatic nitrogens is 1. The summed E-state index contributed by atoms with van der Waals surface area (Å²) in [5.74, 6) is -0.676. The van der Waals surface area contributed by atoms with E-state index in [0.29, 0.717) is 5.92 Å². The van der Waals surface area contributed by atoms with Crippen molar-refractivity contribution in [2.75, 3.05) is 13.2 Å². The Morgan fingerprint density at radius 2 is 2.06 bits per heavy atom. The first-order valence-electron chi connectivity index (χ1n) is 11.3. The standard InChI is InChI=1S/C24H33N3O4/c1-16-7-4-5-9-22(16)26-23(28)15-31-24(29)20(13-25)12-19-11-17(2)27(18(19)3)14-21-8-6-10-30-21/h11-12,16,21-22H,4-10,14-15H2,1-3H3,(H,26,28)/b20-12+/t16-,21-,22+/m0/s1. The van der Waals surface area contributed by atoms with Crippen LogP contribution < -0.4 is 5.32 Å². The number of hydrogen-bond donors (Lipinski definition) is 1. The van der Waals surface area contributed by atoms with Crippen LogP contribution in [0.5, 0.6) is 0 Å². The molecule has 31 heavy (non-hydrogen) atoms. The zero-order valence-corrected chi connectivity index (χ0v) is 18.8. The number of carbonyl (C=O) groups excluding carboxylic acids is 2. The first kappa shape index (κ1) is 23.1. The van der Waals surface area contributed by atoms with Crippen molar-refractivity contribution in [3.05, 3.63) is 28.6 Å². The lowest BCUT2D eigenvalue weighted by molar-refractivity contribution is -0.144. The van der Waals surface area contributed by atoms with Gasteiger partial charge in [0.05, 0.1) is 6.10 Å². The molecule has 1 saturated heterocycles. The summed E-state index contributed by atoms with van der Waals surface area (Å²) in [4.78, 5) is 24.6. The Bertz CT molecular complexity index is 874. The monoisotopic (exact) mass is 427 g/mol. The highest BCUT2D eigenvalue weighted by atomic mass is 16.5. The van der Waals surface area contributed by atoms with Crippen molar-refractivity contribution < 1.29 is 19.1 Å². The summed E-state index contributed by atoms with van der Waals surface area (Å²) in [6.07, 6.45) is 8.19. The molecular weight excluding hydrogens is 394 g/mol. The van der Waals surface area contributed by atoms with E-state index in [0.717, 1.165) is 62.2 Å². The Morgan fingerprint density at radius 1 is 1.29 bits per heavy atom. The number of ether oxygens (including phenoxy) is 2. The van der Waals surface area contributed by atoms with Crippen LogP contribution in [0.25, 0.3) is 6.08 Å². The smallest absolute Gasteiger partial charge is 0.349 e. The first-order chi connectivity index (χ1) is 14.9. The molecule has 1 aromatic rings. The maximum atomic E-state index is 12.4. The number of nitrogens with zero attached hydrogens (tertiary/aromatic N) is 2. The molecule has 3 rings (SSSR count). The topological polar surface area (TPSA) is 93.4 Å². The average molecular weight is 428 g/mol. The number of esters is 1. The maximum Gasteiger partial charge on any atom is 0.349 e. The van der Waals surface area contributed by atoms with Gasteiger partial charge in [0.2, 0.25) is 0 Å². The zero-order chi connectivity index (χ0) is 22.4. The molecule has 1 N–H and O–H groups in total. The predicted molar refractivity (Wildman–Crippen MR) is 117 cm³/mol. The van der Waals surface area contributed by atoms with Crippen molar-refractivity contribution in [2.45, 2.75) is 78.0 Å². The van der Waals surface area contributed by atoms with Crippen LogP contribution in [0, 0.1) is 31.1 Å². The van der Waals surface area contributed by atoms with Crippen LogP contribution in [0.1, 0.15) is 62.4 Å². The fraction of sp³-hybridized carbons (Fsp3) is 0.625. The average Bonchev–Trinajstić information content (AvgIpc) is 3.36. The van der Waals surface area contributed by atoms with Crippen molar-refractivity contribution in [3.63, 3.8) is 0 Å². The Labute approximate surface area is 184 Å². The molecule has 0 radical (unpaired) electrons. The molecule has 168 valence electrons. The Kier molecular flexibility index (Phi) is 7.91. The van der Waals surface area contributed by atoms with Gasteiger partial charge in [-0.1, -0.05) is 19.8 Å². The van der Waals surface area contributed by atoms with Gasteiger partial charge in [-0.3, -0.25) is 4.79 Å². The van der Waals surface area contributed by atoms with Gasteiger partial charge in [0.15, 0.2) is 6.61 Å². The lowest BCUT2D eigenvalue weighted by Gasteiger charge is -2.29. The first-order valence-corrected chi connectivity index (χ1v) is 11.3. The largest absolute Gasteiger partial charge is 0.451 e. The Morgan fingerprint density at radius 3 is 2.74 bits per heavy atom. The minimum absolute atomic E-state index is 0.115. The lowest BCUT2D eigenvalue weighted by Crippen LogP contribution is -2.42. The van der Waals surface area contributed by atoms with Crippen LogP contribution in [0.2, 0.25) is 0 Å². The SMILES string of the molecule is Cc1cc(/C=C(\C#N)C(=O)OCC(=O)N[C@@H]2CCCC[C@@H]2C)c(C)n1C[C@@H]1CCCO1. The molecule has 2 heterocycles. The van der Waals surface area contributed by atoms with Crippen LogP contribution in [-0.4, -0.2) is 41.8 Å². The summed E-state index contributed by atoms with van der Waals surface area (Å²) < 4.78 is 13.0. The van der Waals surface area contributed by atoms with Gasteiger partial charge in [-0.15, -0.1) is 0 Å². The number of hydrogen-bond acceptors (Lipinski definition) is 5. The minimum atomic E-state index is -0.779. The molecule has 0 aromatic carbocycles. The summed E-state index contributed by atoms with van der Waals surface area (Å²) in [5, 5.41) is 12.4. The molecule has 7 heteroatoms. The van der Waals surface area contributed by atoms with Gasteiger partial charge < -0.3 is 19.4 Å². The van der Waals surface area contributed by atoms with E-state index in [4.69, 9.17) is 9.47 Å². The van der Waals surface area contributed by atoms with Gasteiger partial charge in [0.25, 0.3) is 5.91 Å². The summed E-state index contributed by atoms with van der Waals surface area (Å²) in [6.45, 7) is 7.28. The molecular formula is C24H33N3O4. The maximum absolute atomic E-state index is 12.4. The second-order valence-corrected chi connectivity index (χ2v) is 8.75. The highest BCUT2D eigenvalue weighted by Gasteiger charge is 2.24. The van der Waals surface area contributed by atoms with Gasteiger partial charge in [-0.2, -0.15) is 5.26 Å². The fourth-order valence-electron chi connectivity index (χ4n) is 4.53. The van der Waals surface area contributed by atoms with E-state index in [9.17, 15) is 14.9 Å². The quantitative estimate of drug-likeness (QED) is 0.409. The van der Waals surface area contributed by atoms with Gasteiger partial charge in [0.1, 0.15) is 11.6 Å². The molecule has 3 atom stereocenters. The molecule has 2 fully saturated rings. The number of amides is 1. The summed E-state index contributed by atoms with van der Waals surface area (Å²) in [5.41, 5.74) is 2.70. The third-order valence-corrected chi connectivity index (χ3v) is 6.46. The van der Waals surface area contributed by atoms with Crippen molar-refractivity contribution >= 4 is 18.0 Å². The molecule has 0 bridgehead atoms. The second-order valence-electron chi connectivity index (χ2n) is 8.75. The van der Waals surface area contributed by atoms with Crippen LogP contribution in [0.15, 0.2) is 11.6 Å². The fourth-order valence-corrected chi connectivity index (χ4v) is 4.53. The number of aryl methyl sites for hydroxylation is 1. The van der Waals surface area contributed by atoms with E-state index >= 15 is 0 Å². The Balaban J connectivity index is 1.60. The summed E-state index contributed by atoms with van der Waals surface area (Å²) in [6, 6.07) is 3.99. The summed E-state index contributed by atoms with van der Waals surface area (Å²) >= 11 is 0. The molecule has 0 unspecified atom stereocenters. The van der Waals surface area contributed by atoms with E-state index in [1.165, 1.54) is 12.5 Å². The highest BCUT2D eigenvalue weighted by molar-refractivity contribution is 5.99. The van der Waals surface area contributed by atoms with Gasteiger partial charge in [-0.25, -0.2) is 4.79 Å².